The Kier molecular flexibility index (Phi) is 3.27. The summed E-state index contributed by atoms with van der Waals surface area (Å²) >= 11 is 0. The number of likely N-dealkylation sites (tertiary alicyclic amines) is 1. The third kappa shape index (κ3) is 2.09. The number of rotatable bonds is 3. The van der Waals surface area contributed by atoms with Gasteiger partial charge in [-0.15, -0.1) is 0 Å². The molecule has 1 aliphatic heterocycles. The van der Waals surface area contributed by atoms with Crippen LogP contribution in [0.2, 0.25) is 0 Å². The lowest BCUT2D eigenvalue weighted by atomic mass is 10.1. The average molecular weight is 275 g/mol. The molecule has 0 aromatic carbocycles. The minimum absolute atomic E-state index is 0.0179. The fraction of sp³-hybridized carbons (Fsp3) is 0.462. The van der Waals surface area contributed by atoms with Crippen LogP contribution in [-0.2, 0) is 4.74 Å². The first-order valence-corrected chi connectivity index (χ1v) is 6.53. The van der Waals surface area contributed by atoms with Crippen molar-refractivity contribution in [1.82, 2.24) is 25.1 Å². The van der Waals surface area contributed by atoms with Crippen molar-refractivity contribution in [2.45, 2.75) is 25.5 Å². The van der Waals surface area contributed by atoms with Crippen LogP contribution in [0.3, 0.4) is 0 Å². The standard InChI is InChI=1S/C13H17N5O2/c1-8-3-4-14-11(8)13(19)18-6-9(20-2)5-10(18)12-15-7-16-17-12/h3-4,7,9-10,14H,5-6H2,1-2H3,(H,15,16,17)/t9-,10+/m1/s1. The van der Waals surface area contributed by atoms with Crippen LogP contribution in [0.4, 0.5) is 0 Å². The molecular weight excluding hydrogens is 258 g/mol. The zero-order valence-electron chi connectivity index (χ0n) is 11.5. The molecule has 2 aromatic rings. The van der Waals surface area contributed by atoms with Gasteiger partial charge in [-0.25, -0.2) is 4.98 Å². The summed E-state index contributed by atoms with van der Waals surface area (Å²) in [7, 11) is 1.66. The number of carbonyl (C=O) groups is 1. The quantitative estimate of drug-likeness (QED) is 0.876. The fourth-order valence-electron chi connectivity index (χ4n) is 2.65. The van der Waals surface area contributed by atoms with E-state index < -0.39 is 0 Å². The lowest BCUT2D eigenvalue weighted by molar-refractivity contribution is 0.0678. The summed E-state index contributed by atoms with van der Waals surface area (Å²) in [6.45, 7) is 2.47. The van der Waals surface area contributed by atoms with Gasteiger partial charge >= 0.3 is 0 Å². The third-order valence-corrected chi connectivity index (χ3v) is 3.78. The molecule has 1 aliphatic rings. The van der Waals surface area contributed by atoms with Crippen molar-refractivity contribution in [2.24, 2.45) is 0 Å². The average Bonchev–Trinajstić information content (AvgIpc) is 3.17. The first-order valence-electron chi connectivity index (χ1n) is 6.53. The van der Waals surface area contributed by atoms with E-state index in [0.29, 0.717) is 18.1 Å². The molecule has 0 bridgehead atoms. The number of aryl methyl sites for hydroxylation is 1. The lowest BCUT2D eigenvalue weighted by Crippen LogP contribution is -2.33. The zero-order valence-corrected chi connectivity index (χ0v) is 11.5. The molecule has 3 rings (SSSR count). The van der Waals surface area contributed by atoms with Crippen molar-refractivity contribution >= 4 is 5.91 Å². The highest BCUT2D eigenvalue weighted by Crippen LogP contribution is 2.32. The van der Waals surface area contributed by atoms with Crippen LogP contribution in [0.25, 0.3) is 0 Å². The summed E-state index contributed by atoms with van der Waals surface area (Å²) in [6, 6.07) is 1.76. The van der Waals surface area contributed by atoms with Crippen LogP contribution < -0.4 is 0 Å². The molecule has 1 fully saturated rings. The van der Waals surface area contributed by atoms with E-state index in [4.69, 9.17) is 4.74 Å². The molecule has 0 radical (unpaired) electrons. The van der Waals surface area contributed by atoms with E-state index in [1.807, 2.05) is 13.0 Å². The predicted molar refractivity (Wildman–Crippen MR) is 71.1 cm³/mol. The number of nitrogens with one attached hydrogen (secondary N) is 2. The molecule has 0 saturated carbocycles. The molecule has 106 valence electrons. The normalized spacial score (nSPS) is 22.4. The van der Waals surface area contributed by atoms with Crippen molar-refractivity contribution in [3.8, 4) is 0 Å². The molecule has 7 nitrogen and oxygen atoms in total. The highest BCUT2D eigenvalue weighted by molar-refractivity contribution is 5.94. The SMILES string of the molecule is CO[C@@H]1C[C@@H](c2ncn[nH]2)N(C(=O)c2[nH]ccc2C)C1. The van der Waals surface area contributed by atoms with Gasteiger partial charge in [0.05, 0.1) is 12.1 Å². The Bertz CT molecular complexity index is 592. The van der Waals surface area contributed by atoms with E-state index in [1.165, 1.54) is 6.33 Å². The van der Waals surface area contributed by atoms with Crippen LogP contribution in [0, 0.1) is 6.92 Å². The van der Waals surface area contributed by atoms with Crippen LogP contribution in [0.15, 0.2) is 18.6 Å². The monoisotopic (exact) mass is 275 g/mol. The number of aromatic nitrogens is 4. The maximum atomic E-state index is 12.7. The summed E-state index contributed by atoms with van der Waals surface area (Å²) in [6.07, 6.45) is 3.97. The van der Waals surface area contributed by atoms with Gasteiger partial charge in [-0.3, -0.25) is 9.89 Å². The molecule has 20 heavy (non-hydrogen) atoms. The Balaban J connectivity index is 1.90. The Morgan fingerprint density at radius 2 is 2.40 bits per heavy atom. The van der Waals surface area contributed by atoms with Gasteiger partial charge < -0.3 is 14.6 Å². The zero-order chi connectivity index (χ0) is 14.1. The van der Waals surface area contributed by atoms with Crippen molar-refractivity contribution in [3.05, 3.63) is 35.7 Å². The smallest absolute Gasteiger partial charge is 0.271 e. The van der Waals surface area contributed by atoms with E-state index in [0.717, 1.165) is 12.0 Å². The Morgan fingerprint density at radius 1 is 1.55 bits per heavy atom. The Labute approximate surface area is 116 Å². The summed E-state index contributed by atoms with van der Waals surface area (Å²) in [5.74, 6) is 0.663. The second-order valence-corrected chi connectivity index (χ2v) is 4.97. The number of hydrogen-bond acceptors (Lipinski definition) is 4. The van der Waals surface area contributed by atoms with E-state index in [9.17, 15) is 4.79 Å². The third-order valence-electron chi connectivity index (χ3n) is 3.78. The molecule has 0 aliphatic carbocycles. The van der Waals surface area contributed by atoms with Gasteiger partial charge in [-0.1, -0.05) is 0 Å². The van der Waals surface area contributed by atoms with Crippen molar-refractivity contribution in [2.75, 3.05) is 13.7 Å². The van der Waals surface area contributed by atoms with E-state index in [2.05, 4.69) is 20.2 Å². The summed E-state index contributed by atoms with van der Waals surface area (Å²) in [4.78, 5) is 21.6. The largest absolute Gasteiger partial charge is 0.380 e. The molecule has 3 heterocycles. The van der Waals surface area contributed by atoms with Crippen molar-refractivity contribution in [3.63, 3.8) is 0 Å². The number of ether oxygens (including phenoxy) is 1. The number of nitrogens with zero attached hydrogens (tertiary/aromatic N) is 3. The van der Waals surface area contributed by atoms with Crippen LogP contribution in [-0.4, -0.2) is 50.7 Å². The van der Waals surface area contributed by atoms with Gasteiger partial charge in [0.15, 0.2) is 0 Å². The van der Waals surface area contributed by atoms with Gasteiger partial charge in [0.25, 0.3) is 5.91 Å². The van der Waals surface area contributed by atoms with Gasteiger partial charge in [0.2, 0.25) is 0 Å². The molecule has 2 aromatic heterocycles. The number of carbonyl (C=O) groups excluding carboxylic acids is 1. The molecule has 2 atom stereocenters. The van der Waals surface area contributed by atoms with E-state index in [1.54, 1.807) is 18.2 Å². The predicted octanol–water partition coefficient (Wildman–Crippen LogP) is 1.04. The number of amides is 1. The van der Waals surface area contributed by atoms with Gasteiger partial charge in [-0.05, 0) is 18.6 Å². The number of hydrogen-bond donors (Lipinski definition) is 2. The molecular formula is C13H17N5O2. The van der Waals surface area contributed by atoms with Crippen molar-refractivity contribution < 1.29 is 9.53 Å². The highest BCUT2D eigenvalue weighted by atomic mass is 16.5. The maximum absolute atomic E-state index is 12.7. The second-order valence-electron chi connectivity index (χ2n) is 4.97. The first kappa shape index (κ1) is 12.9. The minimum atomic E-state index is -0.127. The molecule has 1 amide bonds. The summed E-state index contributed by atoms with van der Waals surface area (Å²) in [5, 5.41) is 6.72. The van der Waals surface area contributed by atoms with Crippen molar-refractivity contribution in [1.29, 1.82) is 0 Å². The Hall–Kier alpha value is -2.15. The molecule has 0 spiro atoms. The lowest BCUT2D eigenvalue weighted by Gasteiger charge is -2.22. The van der Waals surface area contributed by atoms with Crippen LogP contribution in [0.1, 0.15) is 34.3 Å². The molecule has 1 saturated heterocycles. The van der Waals surface area contributed by atoms with E-state index >= 15 is 0 Å². The Morgan fingerprint density at radius 3 is 3.00 bits per heavy atom. The van der Waals surface area contributed by atoms with Gasteiger partial charge in [-0.2, -0.15) is 5.10 Å². The van der Waals surface area contributed by atoms with E-state index in [-0.39, 0.29) is 18.1 Å². The van der Waals surface area contributed by atoms with Crippen LogP contribution in [0.5, 0.6) is 0 Å². The van der Waals surface area contributed by atoms with Gasteiger partial charge in [0, 0.05) is 26.3 Å². The molecule has 0 unspecified atom stereocenters. The second kappa shape index (κ2) is 5.09. The number of aromatic amines is 2. The van der Waals surface area contributed by atoms with Crippen LogP contribution >= 0.6 is 0 Å². The minimum Gasteiger partial charge on any atom is -0.380 e. The first-order chi connectivity index (χ1) is 9.70. The summed E-state index contributed by atoms with van der Waals surface area (Å²) < 4.78 is 5.40. The molecule has 2 N–H and O–H groups in total. The highest BCUT2D eigenvalue weighted by Gasteiger charge is 2.38. The summed E-state index contributed by atoms with van der Waals surface area (Å²) in [5.41, 5.74) is 1.55. The fourth-order valence-corrected chi connectivity index (χ4v) is 2.65. The van der Waals surface area contributed by atoms with Gasteiger partial charge in [0.1, 0.15) is 17.8 Å². The molecule has 7 heteroatoms. The topological polar surface area (TPSA) is 86.9 Å². The number of methoxy groups -OCH3 is 1. The number of H-pyrrole nitrogens is 2. The maximum Gasteiger partial charge on any atom is 0.271 e.